The van der Waals surface area contributed by atoms with E-state index in [9.17, 15) is 47.8 Å². The topological polar surface area (TPSA) is 240 Å². The highest BCUT2D eigenvalue weighted by atomic mass is 32.2. The lowest BCUT2D eigenvalue weighted by molar-refractivity contribution is -0.247. The number of phenols is 2. The number of hydrogen-bond donors (Lipinski definition) is 6. The molecule has 0 spiro atoms. The molecule has 0 saturated carbocycles. The monoisotopic (exact) mass is 607 g/mol. The fraction of sp³-hybridized carbons (Fsp3) is 0.444. The largest absolute Gasteiger partial charge is 0.507 e. The second-order valence-corrected chi connectivity index (χ2v) is 12.2. The molecule has 1 aliphatic heterocycles. The Hall–Kier alpha value is -3.44. The van der Waals surface area contributed by atoms with Gasteiger partial charge in [-0.05, 0) is 13.0 Å². The van der Waals surface area contributed by atoms with E-state index in [0.717, 1.165) is 0 Å². The van der Waals surface area contributed by atoms with Gasteiger partial charge in [0.15, 0.2) is 17.9 Å². The molecule has 0 bridgehead atoms. The molecule has 0 aromatic heterocycles. The van der Waals surface area contributed by atoms with Gasteiger partial charge in [0.2, 0.25) is 5.78 Å². The number of phenolic OH excluding ortho intramolecular Hbond substituents is 2. The van der Waals surface area contributed by atoms with Crippen LogP contribution in [0.5, 0.6) is 17.2 Å². The van der Waals surface area contributed by atoms with Crippen LogP contribution in [0.1, 0.15) is 68.8 Å². The Morgan fingerprint density at radius 1 is 1.14 bits per heavy atom. The molecule has 1 heterocycles. The van der Waals surface area contributed by atoms with Crippen LogP contribution in [0.3, 0.4) is 0 Å². The molecule has 42 heavy (non-hydrogen) atoms. The molecule has 7 N–H and O–H groups in total. The normalized spacial score (nSPS) is 29.0. The zero-order chi connectivity index (χ0) is 30.9. The molecule has 3 aliphatic rings. The van der Waals surface area contributed by atoms with Crippen LogP contribution in [-0.2, 0) is 30.8 Å². The summed E-state index contributed by atoms with van der Waals surface area (Å²) in [6.07, 6.45) is -6.12. The molecule has 0 radical (unpaired) electrons. The Morgan fingerprint density at radius 2 is 1.81 bits per heavy atom. The summed E-state index contributed by atoms with van der Waals surface area (Å²) in [7, 11) is -3.60. The lowest BCUT2D eigenvalue weighted by Gasteiger charge is -2.42. The molecule has 1 saturated heterocycles. The number of ketones is 3. The molecule has 6 atom stereocenters. The summed E-state index contributed by atoms with van der Waals surface area (Å²) in [6, 6.07) is 3.41. The van der Waals surface area contributed by atoms with Gasteiger partial charge in [-0.25, -0.2) is 0 Å². The average Bonchev–Trinajstić information content (AvgIpc) is 2.90. The summed E-state index contributed by atoms with van der Waals surface area (Å²) in [6.45, 7) is 1.52. The molecular weight excluding hydrogens is 578 g/mol. The van der Waals surface area contributed by atoms with Crippen molar-refractivity contribution in [3.05, 3.63) is 51.6 Å². The van der Waals surface area contributed by atoms with Crippen molar-refractivity contribution in [3.8, 4) is 17.2 Å². The van der Waals surface area contributed by atoms with E-state index < -0.39 is 105 Å². The van der Waals surface area contributed by atoms with Crippen molar-refractivity contribution in [2.45, 2.75) is 62.4 Å². The van der Waals surface area contributed by atoms with E-state index in [4.69, 9.17) is 19.9 Å². The molecule has 2 aliphatic carbocycles. The van der Waals surface area contributed by atoms with Crippen LogP contribution in [0.15, 0.2) is 18.2 Å². The van der Waals surface area contributed by atoms with E-state index in [1.807, 2.05) is 0 Å². The molecule has 0 unspecified atom stereocenters. The first-order chi connectivity index (χ1) is 19.6. The number of hydrogen-bond acceptors (Lipinski definition) is 13. The number of benzene rings is 2. The Labute approximate surface area is 239 Å². The number of carbonyl (C=O) groups excluding carboxylic acids is 3. The quantitative estimate of drug-likeness (QED) is 0.158. The van der Waals surface area contributed by atoms with Gasteiger partial charge < -0.3 is 40.4 Å². The molecule has 5 rings (SSSR count). The standard InChI is InChI=1S/C27H29NO13S/c1-10-22(30)13(28)6-17(40-10)41-15-8-27(35,16(29)9-42(36,37)38)7-12-19(15)26(34)21-20(24(12)32)23(31)11-4-3-5-14(39-2)18(11)25(21)33/h3-5,10,13,15,17,22,30,32,34-35H,6-9,28H2,1-2H3,(H,36,37,38)/t10-,13-,15-,17-,22+,27-/m0/s1. The Morgan fingerprint density at radius 3 is 2.43 bits per heavy atom. The number of aliphatic hydroxyl groups is 2. The zero-order valence-corrected chi connectivity index (χ0v) is 23.3. The molecule has 15 heteroatoms. The van der Waals surface area contributed by atoms with Crippen LogP contribution in [0.25, 0.3) is 0 Å². The third-order valence-electron chi connectivity index (χ3n) is 7.98. The maximum Gasteiger partial charge on any atom is 0.272 e. The van der Waals surface area contributed by atoms with Gasteiger partial charge in [-0.15, -0.1) is 0 Å². The molecular formula is C27H29NO13S. The fourth-order valence-corrected chi connectivity index (χ4v) is 6.50. The molecule has 14 nitrogen and oxygen atoms in total. The number of aliphatic hydroxyl groups excluding tert-OH is 1. The number of rotatable bonds is 6. The van der Waals surface area contributed by atoms with E-state index in [0.29, 0.717) is 0 Å². The predicted octanol–water partition coefficient (Wildman–Crippen LogP) is -0.103. The van der Waals surface area contributed by atoms with Crippen LogP contribution in [0, 0.1) is 0 Å². The van der Waals surface area contributed by atoms with Crippen LogP contribution in [-0.4, -0.2) is 93.7 Å². The number of methoxy groups -OCH3 is 1. The van der Waals surface area contributed by atoms with E-state index in [-0.39, 0.29) is 34.4 Å². The SMILES string of the molecule is COc1cccc2c1C(=O)c1c(O)c3c(c(O)c1C2=O)C[C@@](O)(C(=O)CS(=O)(=O)O)C[C@@H]3O[C@H]1C[C@H](N)[C@H](O)[C@H](C)O1. The Bertz CT molecular complexity index is 1610. The van der Waals surface area contributed by atoms with Crippen molar-refractivity contribution in [2.24, 2.45) is 5.73 Å². The van der Waals surface area contributed by atoms with Gasteiger partial charge in [-0.1, -0.05) is 12.1 Å². The number of carbonyl (C=O) groups is 3. The molecule has 0 amide bonds. The van der Waals surface area contributed by atoms with Crippen LogP contribution >= 0.6 is 0 Å². The van der Waals surface area contributed by atoms with E-state index in [1.54, 1.807) is 0 Å². The van der Waals surface area contributed by atoms with Gasteiger partial charge in [0.25, 0.3) is 10.1 Å². The van der Waals surface area contributed by atoms with Crippen LogP contribution in [0.2, 0.25) is 0 Å². The van der Waals surface area contributed by atoms with Gasteiger partial charge >= 0.3 is 0 Å². The minimum absolute atomic E-state index is 0.0447. The lowest BCUT2D eigenvalue weighted by atomic mass is 9.72. The highest BCUT2D eigenvalue weighted by Crippen LogP contribution is 2.52. The molecule has 2 aromatic carbocycles. The Kier molecular flexibility index (Phi) is 7.42. The zero-order valence-electron chi connectivity index (χ0n) is 22.4. The lowest BCUT2D eigenvalue weighted by Crippen LogP contribution is -2.53. The summed E-state index contributed by atoms with van der Waals surface area (Å²) in [5.41, 5.74) is 1.40. The Balaban J connectivity index is 1.69. The van der Waals surface area contributed by atoms with E-state index in [1.165, 1.54) is 32.2 Å². The summed E-state index contributed by atoms with van der Waals surface area (Å²) in [5, 5.41) is 44.4. The predicted molar refractivity (Wildman–Crippen MR) is 141 cm³/mol. The third-order valence-corrected chi connectivity index (χ3v) is 8.60. The molecule has 2 aromatic rings. The van der Waals surface area contributed by atoms with Crippen molar-refractivity contribution < 1.29 is 62.0 Å². The summed E-state index contributed by atoms with van der Waals surface area (Å²) in [5.74, 6) is -6.07. The van der Waals surface area contributed by atoms with Crippen molar-refractivity contribution in [1.82, 2.24) is 0 Å². The smallest absolute Gasteiger partial charge is 0.272 e. The second-order valence-electron chi connectivity index (χ2n) is 10.7. The highest BCUT2D eigenvalue weighted by Gasteiger charge is 2.51. The fourth-order valence-electron chi connectivity index (χ4n) is 5.90. The maximum atomic E-state index is 13.7. The molecule has 1 fully saturated rings. The number of aromatic hydroxyl groups is 2. The van der Waals surface area contributed by atoms with E-state index >= 15 is 0 Å². The van der Waals surface area contributed by atoms with Crippen molar-refractivity contribution in [2.75, 3.05) is 12.9 Å². The van der Waals surface area contributed by atoms with Crippen molar-refractivity contribution >= 4 is 27.5 Å². The first kappa shape index (κ1) is 30.0. The summed E-state index contributed by atoms with van der Waals surface area (Å²) in [4.78, 5) is 40.2. The number of nitrogens with two attached hydrogens (primary N) is 1. The third kappa shape index (κ3) is 4.86. The van der Waals surface area contributed by atoms with Gasteiger partial charge in [0.1, 0.15) is 28.6 Å². The average molecular weight is 608 g/mol. The van der Waals surface area contributed by atoms with Crippen molar-refractivity contribution in [1.29, 1.82) is 0 Å². The van der Waals surface area contributed by atoms with Crippen molar-refractivity contribution in [3.63, 3.8) is 0 Å². The maximum absolute atomic E-state index is 13.7. The van der Waals surface area contributed by atoms with Gasteiger partial charge in [0.05, 0.1) is 42.1 Å². The number of Topliss-reactive ketones (excluding diaryl/α,β-unsaturated/α-hetero) is 1. The second kappa shape index (κ2) is 10.4. The highest BCUT2D eigenvalue weighted by molar-refractivity contribution is 7.86. The van der Waals surface area contributed by atoms with Gasteiger partial charge in [-0.3, -0.25) is 18.9 Å². The van der Waals surface area contributed by atoms with Gasteiger partial charge in [-0.2, -0.15) is 8.42 Å². The van der Waals surface area contributed by atoms with Gasteiger partial charge in [0, 0.05) is 42.0 Å². The van der Waals surface area contributed by atoms with Crippen LogP contribution < -0.4 is 10.5 Å². The van der Waals surface area contributed by atoms with E-state index in [2.05, 4.69) is 0 Å². The summed E-state index contributed by atoms with van der Waals surface area (Å²) < 4.78 is 49.1. The van der Waals surface area contributed by atoms with Crippen LogP contribution in [0.4, 0.5) is 0 Å². The minimum Gasteiger partial charge on any atom is -0.507 e. The summed E-state index contributed by atoms with van der Waals surface area (Å²) >= 11 is 0. The number of fused-ring (bicyclic) bond motifs is 3. The first-order valence-electron chi connectivity index (χ1n) is 12.9. The number of ether oxygens (including phenoxy) is 3. The molecule has 226 valence electrons. The first-order valence-corrected chi connectivity index (χ1v) is 14.5. The minimum atomic E-state index is -4.88.